The molecule has 1 aromatic heterocycles. The Balaban J connectivity index is 1.94. The Hall–Kier alpha value is -1.46. The molecule has 0 aliphatic rings. The summed E-state index contributed by atoms with van der Waals surface area (Å²) in [5.74, 6) is 0.360. The highest BCUT2D eigenvalue weighted by Gasteiger charge is 2.23. The third-order valence-corrected chi connectivity index (χ3v) is 6.48. The first-order chi connectivity index (χ1) is 15.5. The molecule has 1 heterocycles. The van der Waals surface area contributed by atoms with Crippen LogP contribution < -0.4 is 0 Å². The van der Waals surface area contributed by atoms with Crippen molar-refractivity contribution in [2.24, 2.45) is 3.21 Å². The van der Waals surface area contributed by atoms with Crippen molar-refractivity contribution in [1.29, 1.82) is 0 Å². The Labute approximate surface area is 221 Å². The fraction of sp³-hybridized carbons (Fsp3) is 0.292. The number of carbonyl (C=O) groups is 1. The number of esters is 1. The van der Waals surface area contributed by atoms with Gasteiger partial charge >= 0.3 is 5.97 Å². The van der Waals surface area contributed by atoms with Crippen LogP contribution in [0.3, 0.4) is 0 Å². The van der Waals surface area contributed by atoms with E-state index in [2.05, 4.69) is 51.5 Å². The number of benzene rings is 2. The molecule has 0 unspecified atom stereocenters. The van der Waals surface area contributed by atoms with Gasteiger partial charge in [-0.3, -0.25) is 0 Å². The second-order valence-corrected chi connectivity index (χ2v) is 8.77. The van der Waals surface area contributed by atoms with Gasteiger partial charge < -0.3 is 9.30 Å². The lowest BCUT2D eigenvalue weighted by Crippen LogP contribution is -2.15. The first kappa shape index (κ1) is 25.2. The average molecular weight is 676 g/mol. The van der Waals surface area contributed by atoms with Crippen LogP contribution in [0.25, 0.3) is 11.1 Å². The van der Waals surface area contributed by atoms with Crippen LogP contribution in [0, 0.1) is 0 Å². The fourth-order valence-electron chi connectivity index (χ4n) is 3.54. The molecule has 0 amide bonds. The van der Waals surface area contributed by atoms with E-state index in [9.17, 15) is 4.79 Å². The van der Waals surface area contributed by atoms with Crippen molar-refractivity contribution in [3.8, 4) is 11.1 Å². The van der Waals surface area contributed by atoms with Gasteiger partial charge in [0.25, 0.3) is 0 Å². The van der Waals surface area contributed by atoms with E-state index < -0.39 is 5.97 Å². The summed E-state index contributed by atoms with van der Waals surface area (Å²) >= 11 is 10.4. The molecule has 0 aliphatic carbocycles. The van der Waals surface area contributed by atoms with Crippen LogP contribution in [-0.2, 0) is 17.7 Å². The maximum atomic E-state index is 12.5. The Bertz CT molecular complexity index is 1110. The van der Waals surface area contributed by atoms with Crippen molar-refractivity contribution >= 4 is 68.7 Å². The van der Waals surface area contributed by atoms with Gasteiger partial charge in [0, 0.05) is 18.5 Å². The lowest BCUT2D eigenvalue weighted by Gasteiger charge is -2.13. The van der Waals surface area contributed by atoms with Crippen molar-refractivity contribution in [2.45, 2.75) is 39.7 Å². The van der Waals surface area contributed by atoms with Crippen molar-refractivity contribution < 1.29 is 9.53 Å². The molecular weight excluding hydrogens is 652 g/mol. The van der Waals surface area contributed by atoms with Gasteiger partial charge in [-0.05, 0) is 52.6 Å². The van der Waals surface area contributed by atoms with Crippen molar-refractivity contribution in [3.63, 3.8) is 0 Å². The van der Waals surface area contributed by atoms with Crippen molar-refractivity contribution in [1.82, 2.24) is 9.55 Å². The van der Waals surface area contributed by atoms with Gasteiger partial charge in [-0.25, -0.2) is 13.0 Å². The van der Waals surface area contributed by atoms with Gasteiger partial charge in [0.05, 0.1) is 28.6 Å². The topological polar surface area (TPSA) is 56.5 Å². The van der Waals surface area contributed by atoms with E-state index in [1.54, 1.807) is 0 Å². The molecule has 5 nitrogen and oxygen atoms in total. The number of alkyl halides is 1. The molecule has 3 aromatic rings. The normalized spacial score (nSPS) is 11.6. The molecule has 0 bridgehead atoms. The largest absolute Gasteiger partial charge is 0.450 e. The van der Waals surface area contributed by atoms with E-state index in [1.165, 1.54) is 0 Å². The monoisotopic (exact) mass is 675 g/mol. The minimum atomic E-state index is -0.446. The van der Waals surface area contributed by atoms with E-state index in [0.29, 0.717) is 12.2 Å². The number of hydrogen-bond acceptors (Lipinski definition) is 4. The Morgan fingerprint density at radius 3 is 2.56 bits per heavy atom. The molecule has 0 N–H and O–H groups in total. The molecule has 8 heteroatoms. The highest BCUT2D eigenvalue weighted by atomic mass is 127. The minimum absolute atomic E-state index is 0.199. The maximum absolute atomic E-state index is 12.5. The quantitative estimate of drug-likeness (QED) is 0.104. The molecule has 2 aromatic carbocycles. The molecule has 32 heavy (non-hydrogen) atoms. The molecule has 0 atom stereocenters. The molecule has 0 fully saturated rings. The lowest BCUT2D eigenvalue weighted by molar-refractivity contribution is 0.0578. The van der Waals surface area contributed by atoms with E-state index >= 15 is 0 Å². The van der Waals surface area contributed by atoms with E-state index in [4.69, 9.17) is 16.3 Å². The Morgan fingerprint density at radius 2 is 1.91 bits per heavy atom. The predicted molar refractivity (Wildman–Crippen MR) is 147 cm³/mol. The van der Waals surface area contributed by atoms with Crippen LogP contribution in [0.5, 0.6) is 0 Å². The van der Waals surface area contributed by atoms with Gasteiger partial charge in [0.2, 0.25) is 0 Å². The zero-order valence-corrected chi connectivity index (χ0v) is 23.0. The number of imidazole rings is 1. The van der Waals surface area contributed by atoms with Gasteiger partial charge in [-0.15, -0.1) is 0 Å². The van der Waals surface area contributed by atoms with Crippen LogP contribution in [0.15, 0.2) is 51.7 Å². The number of carbonyl (C=O) groups excluding carboxylic acids is 1. The molecular formula is C24H24ClI2N3O2. The highest BCUT2D eigenvalue weighted by molar-refractivity contribution is 14.1. The molecule has 0 spiro atoms. The zero-order chi connectivity index (χ0) is 23.1. The molecule has 3 rings (SSSR count). The summed E-state index contributed by atoms with van der Waals surface area (Å²) in [6, 6.07) is 16.6. The molecule has 0 aliphatic heterocycles. The maximum Gasteiger partial charge on any atom is 0.359 e. The number of unbranched alkanes of at least 4 members (excludes halogenated alkanes) is 1. The highest BCUT2D eigenvalue weighted by Crippen LogP contribution is 2.27. The number of aryl methyl sites for hydroxylation is 1. The van der Waals surface area contributed by atoms with E-state index in [1.807, 2.05) is 69.1 Å². The number of hydrogen-bond donors (Lipinski definition) is 0. The summed E-state index contributed by atoms with van der Waals surface area (Å²) in [5.41, 5.74) is 5.72. The van der Waals surface area contributed by atoms with Crippen LogP contribution in [0.2, 0.25) is 5.15 Å². The summed E-state index contributed by atoms with van der Waals surface area (Å²) in [6.45, 7) is 4.64. The summed E-state index contributed by atoms with van der Waals surface area (Å²) < 4.78 is 11.7. The standard InChI is InChI=1S/C24H24ClI2N3O2/c1-3-4-9-21-28-23(25)22(24(31)32-15-26)30(21)14-17-10-12-18(13-11-17)20-8-6-5-7-19(20)16(2)29-27/h5-8,10-13H,3-4,9,14-15H2,1-2H3/b29-16+. The van der Waals surface area contributed by atoms with E-state index in [0.717, 1.165) is 53.1 Å². The van der Waals surface area contributed by atoms with Gasteiger partial charge in [0.15, 0.2) is 10.8 Å². The predicted octanol–water partition coefficient (Wildman–Crippen LogP) is 7.30. The van der Waals surface area contributed by atoms with Crippen LogP contribution in [-0.4, -0.2) is 25.8 Å². The lowest BCUT2D eigenvalue weighted by atomic mass is 9.96. The molecule has 168 valence electrons. The van der Waals surface area contributed by atoms with Crippen LogP contribution in [0.1, 0.15) is 54.1 Å². The Kier molecular flexibility index (Phi) is 9.54. The number of aromatic nitrogens is 2. The third kappa shape index (κ3) is 5.91. The summed E-state index contributed by atoms with van der Waals surface area (Å²) in [6.07, 6.45) is 2.77. The Morgan fingerprint density at radius 1 is 1.19 bits per heavy atom. The SMILES string of the molecule is CCCCc1nc(Cl)c(C(=O)OCI)n1Cc1ccc(-c2ccccc2/C(C)=N/I)cc1. The van der Waals surface area contributed by atoms with Crippen LogP contribution in [0.4, 0.5) is 0 Å². The molecule has 0 saturated heterocycles. The summed E-state index contributed by atoms with van der Waals surface area (Å²) in [7, 11) is 0. The first-order valence-corrected chi connectivity index (χ1v) is 13.2. The minimum Gasteiger partial charge on any atom is -0.450 e. The fourth-order valence-corrected chi connectivity index (χ4v) is 4.36. The number of rotatable bonds is 9. The van der Waals surface area contributed by atoms with Gasteiger partial charge in [0.1, 0.15) is 10.4 Å². The van der Waals surface area contributed by atoms with Gasteiger partial charge in [-0.1, -0.05) is 73.5 Å². The molecule has 0 saturated carbocycles. The van der Waals surface area contributed by atoms with E-state index in [-0.39, 0.29) is 9.77 Å². The van der Waals surface area contributed by atoms with Crippen LogP contribution >= 0.6 is 57.1 Å². The average Bonchev–Trinajstić information content (AvgIpc) is 3.12. The second-order valence-electron chi connectivity index (χ2n) is 7.31. The second kappa shape index (κ2) is 12.1. The van der Waals surface area contributed by atoms with Gasteiger partial charge in [-0.2, -0.15) is 0 Å². The smallest absolute Gasteiger partial charge is 0.359 e. The number of nitrogens with zero attached hydrogens (tertiary/aromatic N) is 3. The summed E-state index contributed by atoms with van der Waals surface area (Å²) in [5, 5.41) is 0.199. The zero-order valence-electron chi connectivity index (χ0n) is 17.9. The number of halogens is 3. The number of ether oxygens (including phenoxy) is 1. The summed E-state index contributed by atoms with van der Waals surface area (Å²) in [4.78, 5) is 17.0. The first-order valence-electron chi connectivity index (χ1n) is 10.3. The third-order valence-electron chi connectivity index (χ3n) is 5.19. The molecule has 0 radical (unpaired) electrons. The van der Waals surface area contributed by atoms with Crippen molar-refractivity contribution in [3.05, 3.63) is 76.3 Å². The van der Waals surface area contributed by atoms with Crippen molar-refractivity contribution in [2.75, 3.05) is 4.61 Å².